The number of nitrogens with zero attached hydrogens (tertiary/aromatic N) is 1. The molecule has 1 aromatic heterocycles. The fourth-order valence-electron chi connectivity index (χ4n) is 1.02. The van der Waals surface area contributed by atoms with E-state index in [0.717, 1.165) is 0 Å². The molecule has 0 spiro atoms. The zero-order valence-corrected chi connectivity index (χ0v) is 9.79. The van der Waals surface area contributed by atoms with Crippen LogP contribution in [0.15, 0.2) is 17.2 Å². The number of hydrogen-bond donors (Lipinski definition) is 2. The van der Waals surface area contributed by atoms with E-state index in [4.69, 9.17) is 10.8 Å². The fraction of sp³-hybridized carbons (Fsp3) is 0.400. The van der Waals surface area contributed by atoms with Crippen LogP contribution in [0.1, 0.15) is 16.9 Å². The number of pyridine rings is 1. The van der Waals surface area contributed by atoms with Crippen molar-refractivity contribution in [1.82, 2.24) is 4.98 Å². The Bertz CT molecular complexity index is 371. The molecule has 6 heteroatoms. The first-order valence-corrected chi connectivity index (χ1v) is 5.76. The lowest BCUT2D eigenvalue weighted by Gasteiger charge is -2.05. The van der Waals surface area contributed by atoms with E-state index in [-0.39, 0.29) is 12.3 Å². The number of methoxy groups -OCH3 is 1. The van der Waals surface area contributed by atoms with Gasteiger partial charge < -0.3 is 15.6 Å². The summed E-state index contributed by atoms with van der Waals surface area (Å²) in [6.07, 6.45) is 0.661. The van der Waals surface area contributed by atoms with Crippen LogP contribution in [0.5, 0.6) is 0 Å². The van der Waals surface area contributed by atoms with Crippen LogP contribution < -0.4 is 5.73 Å². The lowest BCUT2D eigenvalue weighted by molar-refractivity contribution is 0.0593. The molecule has 0 fully saturated rings. The maximum absolute atomic E-state index is 11.2. The molecule has 0 amide bonds. The smallest absolute Gasteiger partial charge is 0.356 e. The van der Waals surface area contributed by atoms with E-state index in [0.29, 0.717) is 22.9 Å². The number of nitrogens with two attached hydrogens (primary N) is 1. The van der Waals surface area contributed by atoms with Gasteiger partial charge in [-0.1, -0.05) is 0 Å². The largest absolute Gasteiger partial charge is 0.464 e. The maximum atomic E-state index is 11.2. The van der Waals surface area contributed by atoms with Gasteiger partial charge in [0.15, 0.2) is 0 Å². The molecule has 0 atom stereocenters. The zero-order valence-electron chi connectivity index (χ0n) is 8.97. The van der Waals surface area contributed by atoms with Gasteiger partial charge in [-0.15, -0.1) is 11.8 Å². The number of hydrogen-bond acceptors (Lipinski definition) is 6. The van der Waals surface area contributed by atoms with Gasteiger partial charge in [0, 0.05) is 12.4 Å². The summed E-state index contributed by atoms with van der Waals surface area (Å²) >= 11 is 1.41. The van der Waals surface area contributed by atoms with Crippen LogP contribution in [0.2, 0.25) is 0 Å². The normalized spacial score (nSPS) is 10.1. The van der Waals surface area contributed by atoms with Gasteiger partial charge >= 0.3 is 5.97 Å². The fourth-order valence-corrected chi connectivity index (χ4v) is 1.88. The van der Waals surface area contributed by atoms with E-state index in [1.165, 1.54) is 24.9 Å². The van der Waals surface area contributed by atoms with Crippen LogP contribution in [0.4, 0.5) is 5.69 Å². The first-order chi connectivity index (χ1) is 7.69. The lowest BCUT2D eigenvalue weighted by atomic mass is 10.3. The quantitative estimate of drug-likeness (QED) is 0.454. The second-order valence-corrected chi connectivity index (χ2v) is 4.09. The maximum Gasteiger partial charge on any atom is 0.356 e. The minimum Gasteiger partial charge on any atom is -0.464 e. The molecule has 3 N–H and O–H groups in total. The Labute approximate surface area is 98.0 Å². The Balaban J connectivity index is 2.78. The van der Waals surface area contributed by atoms with Crippen LogP contribution in [0.25, 0.3) is 0 Å². The van der Waals surface area contributed by atoms with Gasteiger partial charge in [0.2, 0.25) is 0 Å². The molecule has 16 heavy (non-hydrogen) atoms. The summed E-state index contributed by atoms with van der Waals surface area (Å²) < 4.78 is 4.57. The highest BCUT2D eigenvalue weighted by molar-refractivity contribution is 7.99. The highest BCUT2D eigenvalue weighted by Gasteiger charge is 2.10. The van der Waals surface area contributed by atoms with E-state index in [9.17, 15) is 4.79 Å². The number of aromatic nitrogens is 1. The van der Waals surface area contributed by atoms with Crippen molar-refractivity contribution in [3.05, 3.63) is 17.8 Å². The average Bonchev–Trinajstić information content (AvgIpc) is 2.31. The highest BCUT2D eigenvalue weighted by Crippen LogP contribution is 2.23. The van der Waals surface area contributed by atoms with E-state index in [2.05, 4.69) is 9.72 Å². The number of aliphatic hydroxyl groups is 1. The summed E-state index contributed by atoms with van der Waals surface area (Å²) in [5, 5.41) is 9.25. The van der Waals surface area contributed by atoms with E-state index < -0.39 is 5.97 Å². The molecular formula is C10H14N2O3S. The Morgan fingerprint density at radius 2 is 2.38 bits per heavy atom. The predicted octanol–water partition coefficient (Wildman–Crippen LogP) is 0.925. The monoisotopic (exact) mass is 242 g/mol. The molecule has 0 unspecified atom stereocenters. The number of anilines is 1. The van der Waals surface area contributed by atoms with Crippen molar-refractivity contribution >= 4 is 23.4 Å². The molecule has 0 bridgehead atoms. The second kappa shape index (κ2) is 6.34. The van der Waals surface area contributed by atoms with E-state index >= 15 is 0 Å². The van der Waals surface area contributed by atoms with Crippen molar-refractivity contribution in [2.45, 2.75) is 11.4 Å². The van der Waals surface area contributed by atoms with Gasteiger partial charge in [-0.3, -0.25) is 0 Å². The number of aliphatic hydroxyl groups excluding tert-OH is 1. The molecule has 0 aliphatic heterocycles. The van der Waals surface area contributed by atoms with Gasteiger partial charge in [-0.25, -0.2) is 9.78 Å². The number of carbonyl (C=O) groups is 1. The summed E-state index contributed by atoms with van der Waals surface area (Å²) in [7, 11) is 1.30. The molecule has 0 saturated carbocycles. The minimum atomic E-state index is -0.482. The van der Waals surface area contributed by atoms with E-state index in [1.807, 2.05) is 0 Å². The van der Waals surface area contributed by atoms with Gasteiger partial charge in [0.25, 0.3) is 0 Å². The molecule has 0 aromatic carbocycles. The Morgan fingerprint density at radius 1 is 1.62 bits per heavy atom. The zero-order chi connectivity index (χ0) is 12.0. The standard InChI is InChI=1S/C10H14N2O3S/c1-15-10(14)8-4-3-7(11)9(12-8)16-6-2-5-13/h3-4,13H,2,5-6,11H2,1H3. The molecule has 1 rings (SSSR count). The van der Waals surface area contributed by atoms with Crippen LogP contribution >= 0.6 is 11.8 Å². The molecule has 0 radical (unpaired) electrons. The Morgan fingerprint density at radius 3 is 3.00 bits per heavy atom. The van der Waals surface area contributed by atoms with Crippen molar-refractivity contribution in [2.75, 3.05) is 25.2 Å². The first kappa shape index (κ1) is 12.8. The van der Waals surface area contributed by atoms with Gasteiger partial charge in [-0.2, -0.15) is 0 Å². The molecule has 5 nitrogen and oxygen atoms in total. The lowest BCUT2D eigenvalue weighted by Crippen LogP contribution is -2.06. The van der Waals surface area contributed by atoms with E-state index in [1.54, 1.807) is 6.07 Å². The summed E-state index contributed by atoms with van der Waals surface area (Å²) in [6, 6.07) is 3.15. The van der Waals surface area contributed by atoms with Crippen LogP contribution in [0, 0.1) is 0 Å². The molecule has 1 aromatic rings. The molecule has 0 aliphatic carbocycles. The third kappa shape index (κ3) is 3.39. The Hall–Kier alpha value is -1.27. The molecule has 1 heterocycles. The van der Waals surface area contributed by atoms with Crippen LogP contribution in [-0.2, 0) is 4.74 Å². The third-order valence-corrected chi connectivity index (χ3v) is 2.92. The summed E-state index contributed by atoms with van der Waals surface area (Å²) in [5.74, 6) is 0.224. The molecule has 0 aliphatic rings. The number of ether oxygens (including phenoxy) is 1. The highest BCUT2D eigenvalue weighted by atomic mass is 32.2. The van der Waals surface area contributed by atoms with Gasteiger partial charge in [0.1, 0.15) is 10.7 Å². The van der Waals surface area contributed by atoms with Crippen molar-refractivity contribution in [2.24, 2.45) is 0 Å². The number of carbonyl (C=O) groups excluding carboxylic acids is 1. The van der Waals surface area contributed by atoms with Crippen molar-refractivity contribution in [1.29, 1.82) is 0 Å². The number of thioether (sulfide) groups is 1. The summed E-state index contributed by atoms with van der Waals surface area (Å²) in [5.41, 5.74) is 6.48. The predicted molar refractivity (Wildman–Crippen MR) is 62.4 cm³/mol. The minimum absolute atomic E-state index is 0.129. The molecule has 88 valence electrons. The molecule has 0 saturated heterocycles. The van der Waals surface area contributed by atoms with Crippen molar-refractivity contribution in [3.8, 4) is 0 Å². The number of rotatable bonds is 5. The second-order valence-electron chi connectivity index (χ2n) is 3.01. The average molecular weight is 242 g/mol. The summed E-state index contributed by atoms with van der Waals surface area (Å²) in [6.45, 7) is 0.129. The topological polar surface area (TPSA) is 85.4 Å². The number of esters is 1. The SMILES string of the molecule is COC(=O)c1ccc(N)c(SCCCO)n1. The van der Waals surface area contributed by atoms with Gasteiger partial charge in [-0.05, 0) is 18.6 Å². The summed E-state index contributed by atoms with van der Waals surface area (Å²) in [4.78, 5) is 15.3. The number of nitrogen functional groups attached to an aromatic ring is 1. The van der Waals surface area contributed by atoms with Gasteiger partial charge in [0.05, 0.1) is 12.8 Å². The van der Waals surface area contributed by atoms with Crippen LogP contribution in [0.3, 0.4) is 0 Å². The first-order valence-electron chi connectivity index (χ1n) is 4.77. The van der Waals surface area contributed by atoms with Crippen molar-refractivity contribution < 1.29 is 14.6 Å². The molecular weight excluding hydrogens is 228 g/mol. The van der Waals surface area contributed by atoms with Crippen LogP contribution in [-0.4, -0.2) is 35.5 Å². The van der Waals surface area contributed by atoms with Crippen molar-refractivity contribution in [3.63, 3.8) is 0 Å². The Kier molecular flexibility index (Phi) is 5.07. The third-order valence-electron chi connectivity index (χ3n) is 1.83.